The van der Waals surface area contributed by atoms with E-state index in [4.69, 9.17) is 14.7 Å². The van der Waals surface area contributed by atoms with Crippen molar-refractivity contribution in [3.05, 3.63) is 22.5 Å². The van der Waals surface area contributed by atoms with Crippen molar-refractivity contribution < 1.29 is 29.0 Å². The van der Waals surface area contributed by atoms with E-state index in [0.29, 0.717) is 0 Å². The summed E-state index contributed by atoms with van der Waals surface area (Å²) in [6.45, 7) is 1.04. The van der Waals surface area contributed by atoms with Gasteiger partial charge in [-0.05, 0) is 0 Å². The fraction of sp³-hybridized carbons (Fsp3) is 0.545. The topological polar surface area (TPSA) is 123 Å². The van der Waals surface area contributed by atoms with Crippen molar-refractivity contribution in [1.29, 1.82) is 0 Å². The first-order valence-electron chi connectivity index (χ1n) is 6.08. The molecular weight excluding hydrogens is 289 g/mol. The first-order valence-corrected chi connectivity index (χ1v) is 6.08. The van der Waals surface area contributed by atoms with Gasteiger partial charge in [0.1, 0.15) is 18.9 Å². The van der Waals surface area contributed by atoms with Crippen molar-refractivity contribution in [2.24, 2.45) is 0 Å². The second-order valence-electron chi connectivity index (χ2n) is 4.47. The molecule has 1 fully saturated rings. The molecule has 0 aliphatic carbocycles. The quantitative estimate of drug-likeness (QED) is 0.497. The molecule has 1 saturated heterocycles. The Morgan fingerprint density at radius 1 is 1.71 bits per heavy atom. The van der Waals surface area contributed by atoms with Crippen LogP contribution in [-0.2, 0) is 14.3 Å². The standard InChI is InChI=1S/C11H14FN3O6/c1-5(16)20-4-8-7(17)2-9(21-8)15-3-6(12)10(14-19)13-11(15)18/h3,7-9,17,19H,2,4H2,1H3,(H,13,14,18)/t7-,8+,9+/m1/s1. The van der Waals surface area contributed by atoms with Crippen LogP contribution in [0.3, 0.4) is 0 Å². The summed E-state index contributed by atoms with van der Waals surface area (Å²) in [5, 5.41) is 18.4. The van der Waals surface area contributed by atoms with E-state index in [9.17, 15) is 19.1 Å². The number of esters is 1. The van der Waals surface area contributed by atoms with Gasteiger partial charge in [0.2, 0.25) is 0 Å². The Labute approximate surface area is 117 Å². The summed E-state index contributed by atoms with van der Waals surface area (Å²) in [7, 11) is 0. The van der Waals surface area contributed by atoms with E-state index in [1.807, 2.05) is 0 Å². The number of aliphatic hydroxyl groups excluding tert-OH is 1. The molecule has 21 heavy (non-hydrogen) atoms. The van der Waals surface area contributed by atoms with Crippen molar-refractivity contribution in [1.82, 2.24) is 9.55 Å². The number of hydrogen-bond donors (Lipinski definition) is 3. The SMILES string of the molecule is CC(=O)OC[C@@H]1O[C@H](n2cc(F)c(NO)nc2=O)C[C@H]1O. The molecule has 0 amide bonds. The Bertz CT molecular complexity index is 592. The van der Waals surface area contributed by atoms with Crippen LogP contribution in [0.15, 0.2) is 11.0 Å². The van der Waals surface area contributed by atoms with Gasteiger partial charge in [-0.15, -0.1) is 0 Å². The molecule has 0 radical (unpaired) electrons. The van der Waals surface area contributed by atoms with E-state index in [1.54, 1.807) is 0 Å². The zero-order valence-electron chi connectivity index (χ0n) is 11.0. The Morgan fingerprint density at radius 3 is 3.05 bits per heavy atom. The molecule has 1 aromatic heterocycles. The molecule has 10 heteroatoms. The van der Waals surface area contributed by atoms with E-state index in [2.05, 4.69) is 4.98 Å². The largest absolute Gasteiger partial charge is 0.463 e. The number of nitrogens with zero attached hydrogens (tertiary/aromatic N) is 2. The molecule has 116 valence electrons. The Balaban J connectivity index is 2.15. The second kappa shape index (κ2) is 6.16. The van der Waals surface area contributed by atoms with Gasteiger partial charge in [-0.1, -0.05) is 0 Å². The van der Waals surface area contributed by atoms with Crippen LogP contribution in [-0.4, -0.2) is 44.6 Å². The van der Waals surface area contributed by atoms with Gasteiger partial charge in [-0.25, -0.2) is 14.7 Å². The smallest absolute Gasteiger partial charge is 0.351 e. The number of carbonyl (C=O) groups excluding carboxylic acids is 1. The minimum atomic E-state index is -0.972. The van der Waals surface area contributed by atoms with Crippen LogP contribution in [0.1, 0.15) is 19.6 Å². The first kappa shape index (κ1) is 15.4. The van der Waals surface area contributed by atoms with E-state index < -0.39 is 41.7 Å². The average molecular weight is 303 g/mol. The van der Waals surface area contributed by atoms with Crippen LogP contribution in [0.5, 0.6) is 0 Å². The highest BCUT2D eigenvalue weighted by Crippen LogP contribution is 2.28. The number of rotatable bonds is 4. The third-order valence-corrected chi connectivity index (χ3v) is 2.98. The number of anilines is 1. The molecule has 0 saturated carbocycles. The Hall–Kier alpha value is -2.04. The highest BCUT2D eigenvalue weighted by atomic mass is 19.1. The zero-order valence-corrected chi connectivity index (χ0v) is 11.0. The van der Waals surface area contributed by atoms with Crippen molar-refractivity contribution in [2.75, 3.05) is 12.1 Å². The number of ether oxygens (including phenoxy) is 2. The minimum Gasteiger partial charge on any atom is -0.463 e. The summed E-state index contributed by atoms with van der Waals surface area (Å²) in [6.07, 6.45) is -1.91. The Morgan fingerprint density at radius 2 is 2.43 bits per heavy atom. The van der Waals surface area contributed by atoms with Crippen LogP contribution >= 0.6 is 0 Å². The number of aliphatic hydroxyl groups is 1. The molecule has 1 aliphatic heterocycles. The highest BCUT2D eigenvalue weighted by Gasteiger charge is 2.36. The average Bonchev–Trinajstić information content (AvgIpc) is 2.79. The van der Waals surface area contributed by atoms with Crippen molar-refractivity contribution in [2.45, 2.75) is 31.8 Å². The van der Waals surface area contributed by atoms with E-state index in [1.165, 1.54) is 12.4 Å². The molecule has 9 nitrogen and oxygen atoms in total. The maximum absolute atomic E-state index is 13.5. The molecular formula is C11H14FN3O6. The van der Waals surface area contributed by atoms with Crippen LogP contribution in [0.4, 0.5) is 10.2 Å². The van der Waals surface area contributed by atoms with Crippen LogP contribution in [0, 0.1) is 5.82 Å². The van der Waals surface area contributed by atoms with Gasteiger partial charge in [-0.3, -0.25) is 14.6 Å². The van der Waals surface area contributed by atoms with Gasteiger partial charge in [0, 0.05) is 13.3 Å². The lowest BCUT2D eigenvalue weighted by Crippen LogP contribution is -2.29. The molecule has 2 rings (SSSR count). The van der Waals surface area contributed by atoms with E-state index in [-0.39, 0.29) is 13.0 Å². The van der Waals surface area contributed by atoms with Crippen LogP contribution < -0.4 is 11.2 Å². The third-order valence-electron chi connectivity index (χ3n) is 2.98. The predicted molar refractivity (Wildman–Crippen MR) is 65.0 cm³/mol. The lowest BCUT2D eigenvalue weighted by atomic mass is 10.2. The summed E-state index contributed by atoms with van der Waals surface area (Å²) in [4.78, 5) is 25.7. The monoisotopic (exact) mass is 303 g/mol. The number of halogens is 1. The molecule has 1 aromatic rings. The fourth-order valence-corrected chi connectivity index (χ4v) is 1.97. The number of aromatic nitrogens is 2. The third kappa shape index (κ3) is 3.35. The maximum Gasteiger partial charge on any atom is 0.351 e. The van der Waals surface area contributed by atoms with Gasteiger partial charge >= 0.3 is 11.7 Å². The molecule has 0 unspecified atom stereocenters. The second-order valence-corrected chi connectivity index (χ2v) is 4.47. The fourth-order valence-electron chi connectivity index (χ4n) is 1.97. The molecule has 0 bridgehead atoms. The van der Waals surface area contributed by atoms with Crippen LogP contribution in [0.25, 0.3) is 0 Å². The molecule has 3 atom stereocenters. The van der Waals surface area contributed by atoms with Crippen molar-refractivity contribution in [3.8, 4) is 0 Å². The van der Waals surface area contributed by atoms with Gasteiger partial charge < -0.3 is 14.6 Å². The molecule has 0 spiro atoms. The maximum atomic E-state index is 13.5. The van der Waals surface area contributed by atoms with Gasteiger partial charge in [0.15, 0.2) is 11.6 Å². The van der Waals surface area contributed by atoms with E-state index in [0.717, 1.165) is 10.8 Å². The molecule has 0 aromatic carbocycles. The van der Waals surface area contributed by atoms with Crippen molar-refractivity contribution in [3.63, 3.8) is 0 Å². The molecule has 3 N–H and O–H groups in total. The normalized spacial score (nSPS) is 24.9. The summed E-state index contributed by atoms with van der Waals surface area (Å²) in [6, 6.07) is 0. The number of nitrogens with one attached hydrogen (secondary N) is 1. The lowest BCUT2D eigenvalue weighted by Gasteiger charge is -2.16. The predicted octanol–water partition coefficient (Wildman–Crippen LogP) is -0.605. The number of hydrogen-bond acceptors (Lipinski definition) is 8. The first-order chi connectivity index (χ1) is 9.92. The van der Waals surface area contributed by atoms with Gasteiger partial charge in [0.25, 0.3) is 0 Å². The summed E-state index contributed by atoms with van der Waals surface area (Å²) in [5.74, 6) is -2.10. The molecule has 2 heterocycles. The summed E-state index contributed by atoms with van der Waals surface area (Å²) in [5.41, 5.74) is 0.594. The van der Waals surface area contributed by atoms with Gasteiger partial charge in [-0.2, -0.15) is 4.98 Å². The van der Waals surface area contributed by atoms with Gasteiger partial charge in [0.05, 0.1) is 12.3 Å². The number of carbonyl (C=O) groups is 1. The van der Waals surface area contributed by atoms with Crippen molar-refractivity contribution >= 4 is 11.8 Å². The summed E-state index contributed by atoms with van der Waals surface area (Å²) >= 11 is 0. The minimum absolute atomic E-state index is 0.0128. The molecule has 1 aliphatic rings. The summed E-state index contributed by atoms with van der Waals surface area (Å²) < 4.78 is 24.4. The van der Waals surface area contributed by atoms with E-state index >= 15 is 0 Å². The van der Waals surface area contributed by atoms with Crippen LogP contribution in [0.2, 0.25) is 0 Å². The lowest BCUT2D eigenvalue weighted by molar-refractivity contribution is -0.147. The highest BCUT2D eigenvalue weighted by molar-refractivity contribution is 5.65. The Kier molecular flexibility index (Phi) is 4.50. The zero-order chi connectivity index (χ0) is 15.6.